The predicted octanol–water partition coefficient (Wildman–Crippen LogP) is 5.25. The third kappa shape index (κ3) is 3.26. The number of benzene rings is 2. The second-order valence-electron chi connectivity index (χ2n) is 5.78. The summed E-state index contributed by atoms with van der Waals surface area (Å²) in [5.74, 6) is -2.49. The molecule has 0 saturated carbocycles. The van der Waals surface area contributed by atoms with Crippen LogP contribution in [0, 0.1) is 12.7 Å². The first-order chi connectivity index (χ1) is 12.1. The first-order valence-corrected chi connectivity index (χ1v) is 7.74. The minimum Gasteiger partial charge on any atom is -0.478 e. The van der Waals surface area contributed by atoms with Crippen molar-refractivity contribution < 1.29 is 32.2 Å². The molecule has 3 rings (SSSR count). The number of aliphatic carboxylic acids is 1. The van der Waals surface area contributed by atoms with Gasteiger partial charge >= 0.3 is 12.1 Å². The van der Waals surface area contributed by atoms with E-state index in [1.165, 1.54) is 24.3 Å². The van der Waals surface area contributed by atoms with Gasteiger partial charge < -0.3 is 9.84 Å². The molecule has 0 amide bonds. The van der Waals surface area contributed by atoms with Gasteiger partial charge in [-0.3, -0.25) is 0 Å². The Labute approximate surface area is 150 Å². The van der Waals surface area contributed by atoms with Crippen LogP contribution >= 0.6 is 11.6 Å². The average molecular weight is 387 g/mol. The monoisotopic (exact) mass is 386 g/mol. The lowest BCUT2D eigenvalue weighted by Crippen LogP contribution is -2.40. The Hall–Kier alpha value is -2.54. The Kier molecular flexibility index (Phi) is 4.44. The summed E-state index contributed by atoms with van der Waals surface area (Å²) in [6, 6.07) is 6.79. The molecule has 1 aliphatic heterocycles. The van der Waals surface area contributed by atoms with Crippen LogP contribution < -0.4 is 4.74 Å². The quantitative estimate of drug-likeness (QED) is 0.717. The van der Waals surface area contributed by atoms with E-state index in [4.69, 9.17) is 21.4 Å². The number of carbonyl (C=O) groups is 1. The van der Waals surface area contributed by atoms with Crippen LogP contribution in [0.3, 0.4) is 0 Å². The fourth-order valence-electron chi connectivity index (χ4n) is 2.67. The van der Waals surface area contributed by atoms with E-state index in [2.05, 4.69) is 0 Å². The molecule has 0 aromatic heterocycles. The van der Waals surface area contributed by atoms with Gasteiger partial charge in [-0.15, -0.1) is 0 Å². The highest BCUT2D eigenvalue weighted by atomic mass is 35.5. The normalized spacial score (nSPS) is 16.5. The summed E-state index contributed by atoms with van der Waals surface area (Å²) in [6.07, 6.45) is -6.70. The predicted molar refractivity (Wildman–Crippen MR) is 87.7 cm³/mol. The third-order valence-electron chi connectivity index (χ3n) is 3.94. The second kappa shape index (κ2) is 6.32. The Balaban J connectivity index is 2.24. The van der Waals surface area contributed by atoms with Crippen LogP contribution in [0.25, 0.3) is 17.2 Å². The van der Waals surface area contributed by atoms with Crippen LogP contribution in [0.1, 0.15) is 11.1 Å². The fourth-order valence-corrected chi connectivity index (χ4v) is 2.90. The number of hydrogen-bond donors (Lipinski definition) is 1. The molecule has 2 aromatic rings. The molecule has 3 nitrogen and oxygen atoms in total. The molecule has 8 heteroatoms. The van der Waals surface area contributed by atoms with Gasteiger partial charge in [-0.05, 0) is 42.3 Å². The van der Waals surface area contributed by atoms with Crippen LogP contribution in [0.5, 0.6) is 5.75 Å². The van der Waals surface area contributed by atoms with E-state index in [1.807, 2.05) is 0 Å². The zero-order valence-corrected chi connectivity index (χ0v) is 14.0. The highest BCUT2D eigenvalue weighted by Gasteiger charge is 2.48. The Bertz CT molecular complexity index is 935. The van der Waals surface area contributed by atoms with Crippen molar-refractivity contribution in [2.24, 2.45) is 0 Å². The van der Waals surface area contributed by atoms with Gasteiger partial charge in [0.15, 0.2) is 0 Å². The number of carboxylic acids is 1. The summed E-state index contributed by atoms with van der Waals surface area (Å²) in [7, 11) is 0. The number of fused-ring (bicyclic) bond motifs is 1. The summed E-state index contributed by atoms with van der Waals surface area (Å²) in [5, 5.41) is 9.24. The molecule has 0 bridgehead atoms. The number of alkyl halides is 3. The van der Waals surface area contributed by atoms with E-state index in [-0.39, 0.29) is 27.5 Å². The van der Waals surface area contributed by atoms with Gasteiger partial charge in [-0.2, -0.15) is 13.2 Å². The fraction of sp³-hybridized carbons (Fsp3) is 0.167. The maximum Gasteiger partial charge on any atom is 0.430 e. The summed E-state index contributed by atoms with van der Waals surface area (Å²) in [4.78, 5) is 11.2. The molecule has 1 N–H and O–H groups in total. The molecule has 0 radical (unpaired) electrons. The summed E-state index contributed by atoms with van der Waals surface area (Å²) in [5.41, 5.74) is -0.104. The van der Waals surface area contributed by atoms with Gasteiger partial charge in [0.2, 0.25) is 6.10 Å². The number of halogens is 5. The molecule has 0 spiro atoms. The van der Waals surface area contributed by atoms with Gasteiger partial charge in [-0.25, -0.2) is 9.18 Å². The number of carboxylic acid groups (broad SMARTS) is 1. The number of hydrogen-bond acceptors (Lipinski definition) is 2. The van der Waals surface area contributed by atoms with Crippen molar-refractivity contribution >= 4 is 23.6 Å². The van der Waals surface area contributed by atoms with Gasteiger partial charge in [0.25, 0.3) is 0 Å². The number of aryl methyl sites for hydroxylation is 1. The number of rotatable bonds is 2. The molecule has 26 heavy (non-hydrogen) atoms. The lowest BCUT2D eigenvalue weighted by molar-refractivity contribution is -0.187. The van der Waals surface area contributed by atoms with E-state index < -0.39 is 29.6 Å². The smallest absolute Gasteiger partial charge is 0.430 e. The zero-order valence-electron chi connectivity index (χ0n) is 13.2. The molecule has 0 unspecified atom stereocenters. The highest BCUT2D eigenvalue weighted by molar-refractivity contribution is 6.31. The van der Waals surface area contributed by atoms with Crippen molar-refractivity contribution in [2.45, 2.75) is 19.2 Å². The SMILES string of the molecule is Cc1ccc(-c2cc(Cl)cc3c2O[C@@H](C(F)(F)F)C(C(=O)O)=C3)cc1F. The first-order valence-electron chi connectivity index (χ1n) is 7.36. The summed E-state index contributed by atoms with van der Waals surface area (Å²) >= 11 is 6.01. The van der Waals surface area contributed by atoms with Crippen molar-refractivity contribution in [2.75, 3.05) is 0 Å². The van der Waals surface area contributed by atoms with Crippen molar-refractivity contribution in [1.29, 1.82) is 0 Å². The summed E-state index contributed by atoms with van der Waals surface area (Å²) < 4.78 is 58.7. The largest absolute Gasteiger partial charge is 0.478 e. The average Bonchev–Trinajstić information content (AvgIpc) is 2.54. The van der Waals surface area contributed by atoms with E-state index >= 15 is 0 Å². The third-order valence-corrected chi connectivity index (χ3v) is 4.16. The molecule has 0 fully saturated rings. The van der Waals surface area contributed by atoms with Gasteiger partial charge in [0.05, 0.1) is 5.57 Å². The maximum absolute atomic E-state index is 13.9. The van der Waals surface area contributed by atoms with E-state index in [9.17, 15) is 22.4 Å². The molecule has 1 atom stereocenters. The zero-order chi connectivity index (χ0) is 19.2. The molecular weight excluding hydrogens is 376 g/mol. The minimum absolute atomic E-state index is 0.0754. The van der Waals surface area contributed by atoms with Crippen LogP contribution in [0.15, 0.2) is 35.9 Å². The number of ether oxygens (including phenoxy) is 1. The Morgan fingerprint density at radius 1 is 1.23 bits per heavy atom. The van der Waals surface area contributed by atoms with Gasteiger partial charge in [0.1, 0.15) is 11.6 Å². The van der Waals surface area contributed by atoms with Crippen molar-refractivity contribution in [1.82, 2.24) is 0 Å². The Morgan fingerprint density at radius 3 is 2.50 bits per heavy atom. The van der Waals surface area contributed by atoms with Crippen molar-refractivity contribution in [3.63, 3.8) is 0 Å². The highest BCUT2D eigenvalue weighted by Crippen LogP contribution is 2.44. The lowest BCUT2D eigenvalue weighted by Gasteiger charge is -2.28. The van der Waals surface area contributed by atoms with Crippen LogP contribution in [0.2, 0.25) is 5.02 Å². The molecule has 1 heterocycles. The minimum atomic E-state index is -4.93. The first kappa shape index (κ1) is 18.3. The van der Waals surface area contributed by atoms with E-state index in [1.54, 1.807) is 6.92 Å². The summed E-state index contributed by atoms with van der Waals surface area (Å²) in [6.45, 7) is 1.55. The van der Waals surface area contributed by atoms with E-state index in [0.717, 1.165) is 12.1 Å². The lowest BCUT2D eigenvalue weighted by atomic mass is 9.95. The van der Waals surface area contributed by atoms with Crippen molar-refractivity contribution in [3.8, 4) is 16.9 Å². The van der Waals surface area contributed by atoms with E-state index in [0.29, 0.717) is 5.56 Å². The second-order valence-corrected chi connectivity index (χ2v) is 6.22. The molecular formula is C18H11ClF4O3. The molecule has 0 saturated heterocycles. The Morgan fingerprint density at radius 2 is 1.92 bits per heavy atom. The molecule has 136 valence electrons. The molecule has 1 aliphatic rings. The standard InChI is InChI=1S/C18H11ClF4O3/c1-8-2-3-9(6-14(8)20)12-7-11(19)4-10-5-13(17(24)25)16(18(21,22)23)26-15(10)12/h2-7,16H,1H3,(H,24,25)/t16-/m1/s1. The maximum atomic E-state index is 13.9. The molecule has 0 aliphatic carbocycles. The van der Waals surface area contributed by atoms with Crippen LogP contribution in [-0.4, -0.2) is 23.4 Å². The van der Waals surface area contributed by atoms with Gasteiger partial charge in [-0.1, -0.05) is 23.7 Å². The van der Waals surface area contributed by atoms with Gasteiger partial charge in [0, 0.05) is 16.1 Å². The topological polar surface area (TPSA) is 46.5 Å². The van der Waals surface area contributed by atoms with Crippen molar-refractivity contribution in [3.05, 3.63) is 57.9 Å². The molecule has 2 aromatic carbocycles. The van der Waals surface area contributed by atoms with Crippen LogP contribution in [-0.2, 0) is 4.79 Å². The van der Waals surface area contributed by atoms with Crippen LogP contribution in [0.4, 0.5) is 17.6 Å².